The number of benzene rings is 2. The van der Waals surface area contributed by atoms with Gasteiger partial charge in [0.1, 0.15) is 22.6 Å². The van der Waals surface area contributed by atoms with Crippen LogP contribution in [0.1, 0.15) is 22.3 Å². The standard InChI is InChI=1S/C23H22N2O4S/c1-27-17-10-7-14(13-19(17)29-3)6-9-16(26)15-8-11-18(28-2)22-21(15)24-23(25-22)20-5-4-12-30-20/h4-5,7-8,10-13H,6,9H2,1-3H3,(H,24,25). The number of thiophene rings is 1. The van der Waals surface area contributed by atoms with Crippen molar-refractivity contribution in [3.05, 3.63) is 59.0 Å². The Hall–Kier alpha value is -3.32. The number of methoxy groups -OCH3 is 3. The Kier molecular flexibility index (Phi) is 5.72. The van der Waals surface area contributed by atoms with Crippen LogP contribution in [0.2, 0.25) is 0 Å². The van der Waals surface area contributed by atoms with E-state index in [4.69, 9.17) is 19.2 Å². The molecule has 0 unspecified atom stereocenters. The van der Waals surface area contributed by atoms with Gasteiger partial charge in [-0.1, -0.05) is 12.1 Å². The number of carbonyl (C=O) groups is 1. The van der Waals surface area contributed by atoms with Gasteiger partial charge in [0, 0.05) is 12.0 Å². The van der Waals surface area contributed by atoms with Crippen molar-refractivity contribution in [2.75, 3.05) is 21.3 Å². The summed E-state index contributed by atoms with van der Waals surface area (Å²) < 4.78 is 16.1. The van der Waals surface area contributed by atoms with Gasteiger partial charge in [0.25, 0.3) is 0 Å². The van der Waals surface area contributed by atoms with Crippen molar-refractivity contribution in [1.82, 2.24) is 9.97 Å². The van der Waals surface area contributed by atoms with Gasteiger partial charge >= 0.3 is 0 Å². The van der Waals surface area contributed by atoms with Gasteiger partial charge in [-0.3, -0.25) is 4.79 Å². The van der Waals surface area contributed by atoms with Crippen molar-refractivity contribution in [2.24, 2.45) is 0 Å². The van der Waals surface area contributed by atoms with E-state index >= 15 is 0 Å². The Morgan fingerprint density at radius 3 is 2.47 bits per heavy atom. The lowest BCUT2D eigenvalue weighted by Gasteiger charge is -2.09. The summed E-state index contributed by atoms with van der Waals surface area (Å²) in [6, 6.07) is 13.3. The van der Waals surface area contributed by atoms with Crippen molar-refractivity contribution in [3.63, 3.8) is 0 Å². The highest BCUT2D eigenvalue weighted by molar-refractivity contribution is 7.13. The molecular weight excluding hydrogens is 400 g/mol. The number of fused-ring (bicyclic) bond motifs is 1. The summed E-state index contributed by atoms with van der Waals surface area (Å²) in [7, 11) is 4.81. The van der Waals surface area contributed by atoms with Gasteiger partial charge in [-0.15, -0.1) is 11.3 Å². The summed E-state index contributed by atoms with van der Waals surface area (Å²) in [6.07, 6.45) is 0.951. The lowest BCUT2D eigenvalue weighted by Crippen LogP contribution is -2.03. The second kappa shape index (κ2) is 8.59. The first kappa shape index (κ1) is 20.0. The first-order valence-electron chi connectivity index (χ1n) is 9.49. The van der Waals surface area contributed by atoms with Crippen LogP contribution in [0.3, 0.4) is 0 Å². The molecule has 2 heterocycles. The highest BCUT2D eigenvalue weighted by atomic mass is 32.1. The van der Waals surface area contributed by atoms with E-state index in [1.807, 2.05) is 41.8 Å². The normalized spacial score (nSPS) is 10.9. The number of carbonyl (C=O) groups excluding carboxylic acids is 1. The number of hydrogen-bond donors (Lipinski definition) is 1. The number of Topliss-reactive ketones (excluding diaryl/α,β-unsaturated/α-hetero) is 1. The second-order valence-corrected chi connectivity index (χ2v) is 7.66. The smallest absolute Gasteiger partial charge is 0.165 e. The van der Waals surface area contributed by atoms with Gasteiger partial charge in [-0.25, -0.2) is 4.98 Å². The van der Waals surface area contributed by atoms with Gasteiger partial charge in [0.15, 0.2) is 17.3 Å². The van der Waals surface area contributed by atoms with Crippen LogP contribution in [-0.2, 0) is 6.42 Å². The van der Waals surface area contributed by atoms with Crippen LogP contribution in [0.5, 0.6) is 17.2 Å². The lowest BCUT2D eigenvalue weighted by atomic mass is 10.0. The summed E-state index contributed by atoms with van der Waals surface area (Å²) in [5.74, 6) is 2.75. The second-order valence-electron chi connectivity index (χ2n) is 6.71. The molecule has 0 amide bonds. The van der Waals surface area contributed by atoms with Gasteiger partial charge < -0.3 is 19.2 Å². The predicted molar refractivity (Wildman–Crippen MR) is 118 cm³/mol. The molecule has 0 spiro atoms. The summed E-state index contributed by atoms with van der Waals surface area (Å²) in [5.41, 5.74) is 2.96. The molecule has 30 heavy (non-hydrogen) atoms. The Balaban J connectivity index is 1.62. The number of nitrogens with one attached hydrogen (secondary N) is 1. The number of rotatable bonds is 8. The number of nitrogens with zero attached hydrogens (tertiary/aromatic N) is 1. The number of H-pyrrole nitrogens is 1. The largest absolute Gasteiger partial charge is 0.494 e. The average molecular weight is 423 g/mol. The molecule has 0 aliphatic carbocycles. The van der Waals surface area contributed by atoms with Gasteiger partial charge in [-0.05, 0) is 47.7 Å². The highest BCUT2D eigenvalue weighted by Gasteiger charge is 2.18. The van der Waals surface area contributed by atoms with Crippen molar-refractivity contribution >= 4 is 28.2 Å². The van der Waals surface area contributed by atoms with Crippen LogP contribution in [0.4, 0.5) is 0 Å². The first-order chi connectivity index (χ1) is 14.6. The minimum absolute atomic E-state index is 0.0293. The molecule has 0 fully saturated rings. The fourth-order valence-corrected chi connectivity index (χ4v) is 4.09. The molecule has 2 aromatic heterocycles. The summed E-state index contributed by atoms with van der Waals surface area (Å²) in [4.78, 5) is 22.1. The number of imidazole rings is 1. The van der Waals surface area contributed by atoms with Crippen LogP contribution in [0.15, 0.2) is 47.8 Å². The van der Waals surface area contributed by atoms with Crippen molar-refractivity contribution in [2.45, 2.75) is 12.8 Å². The van der Waals surface area contributed by atoms with E-state index < -0.39 is 0 Å². The van der Waals surface area contributed by atoms with E-state index in [2.05, 4.69) is 4.98 Å². The molecule has 2 aromatic carbocycles. The molecule has 0 aliphatic rings. The van der Waals surface area contributed by atoms with E-state index in [9.17, 15) is 4.79 Å². The van der Waals surface area contributed by atoms with Crippen LogP contribution < -0.4 is 14.2 Å². The fraction of sp³-hybridized carbons (Fsp3) is 0.217. The zero-order valence-corrected chi connectivity index (χ0v) is 17.8. The minimum Gasteiger partial charge on any atom is -0.494 e. The van der Waals surface area contributed by atoms with Crippen molar-refractivity contribution < 1.29 is 19.0 Å². The highest BCUT2D eigenvalue weighted by Crippen LogP contribution is 2.32. The summed E-state index contributed by atoms with van der Waals surface area (Å²) >= 11 is 1.59. The quantitative estimate of drug-likeness (QED) is 0.398. The Bertz CT molecular complexity index is 1180. The van der Waals surface area contributed by atoms with Gasteiger partial charge in [0.05, 0.1) is 26.2 Å². The van der Waals surface area contributed by atoms with Gasteiger partial charge in [0.2, 0.25) is 0 Å². The maximum Gasteiger partial charge on any atom is 0.165 e. The van der Waals surface area contributed by atoms with Crippen LogP contribution in [0.25, 0.3) is 21.7 Å². The molecule has 6 nitrogen and oxygen atoms in total. The van der Waals surface area contributed by atoms with Crippen LogP contribution in [-0.4, -0.2) is 37.1 Å². The maximum atomic E-state index is 13.1. The number of aromatic nitrogens is 2. The minimum atomic E-state index is 0.0293. The van der Waals surface area contributed by atoms with Crippen LogP contribution >= 0.6 is 11.3 Å². The SMILES string of the molecule is COc1ccc(CCC(=O)c2ccc(OC)c3[nH]c(-c4cccs4)nc23)cc1OC. The molecule has 7 heteroatoms. The van der Waals surface area contributed by atoms with Crippen LogP contribution in [0, 0.1) is 0 Å². The third kappa shape index (κ3) is 3.76. The zero-order valence-electron chi connectivity index (χ0n) is 17.0. The first-order valence-corrected chi connectivity index (χ1v) is 10.4. The number of ether oxygens (including phenoxy) is 3. The molecule has 0 aliphatic heterocycles. The molecule has 0 saturated heterocycles. The molecule has 0 radical (unpaired) electrons. The Morgan fingerprint density at radius 1 is 1.00 bits per heavy atom. The van der Waals surface area contributed by atoms with E-state index in [1.54, 1.807) is 38.7 Å². The summed E-state index contributed by atoms with van der Waals surface area (Å²) in [6.45, 7) is 0. The number of aromatic amines is 1. The molecular formula is C23H22N2O4S. The van der Waals surface area contributed by atoms with E-state index in [-0.39, 0.29) is 5.78 Å². The topological polar surface area (TPSA) is 73.4 Å². The lowest BCUT2D eigenvalue weighted by molar-refractivity contribution is 0.0984. The monoisotopic (exact) mass is 422 g/mol. The Labute approximate surface area is 178 Å². The molecule has 154 valence electrons. The number of ketones is 1. The molecule has 4 rings (SSSR count). The van der Waals surface area contributed by atoms with E-state index in [1.165, 1.54) is 0 Å². The third-order valence-electron chi connectivity index (χ3n) is 4.97. The summed E-state index contributed by atoms with van der Waals surface area (Å²) in [5, 5.41) is 1.99. The van der Waals surface area contributed by atoms with Crippen molar-refractivity contribution in [3.8, 4) is 28.0 Å². The molecule has 1 N–H and O–H groups in total. The van der Waals surface area contributed by atoms with E-state index in [0.29, 0.717) is 41.2 Å². The average Bonchev–Trinajstić information content (AvgIpc) is 3.46. The predicted octanol–water partition coefficient (Wildman–Crippen LogP) is 5.13. The Morgan fingerprint density at radius 2 is 1.77 bits per heavy atom. The number of hydrogen-bond acceptors (Lipinski definition) is 6. The molecule has 0 bridgehead atoms. The third-order valence-corrected chi connectivity index (χ3v) is 5.85. The number of aryl methyl sites for hydroxylation is 1. The zero-order chi connectivity index (χ0) is 21.1. The van der Waals surface area contributed by atoms with E-state index in [0.717, 1.165) is 21.8 Å². The maximum absolute atomic E-state index is 13.1. The van der Waals surface area contributed by atoms with Gasteiger partial charge in [-0.2, -0.15) is 0 Å². The molecule has 0 atom stereocenters. The fourth-order valence-electron chi connectivity index (χ4n) is 3.42. The van der Waals surface area contributed by atoms with Crippen molar-refractivity contribution in [1.29, 1.82) is 0 Å². The molecule has 0 saturated carbocycles. The molecule has 4 aromatic rings.